The number of hydrogen-bond donors (Lipinski definition) is 2. The van der Waals surface area contributed by atoms with Gasteiger partial charge in [-0.15, -0.1) is 0 Å². The summed E-state index contributed by atoms with van der Waals surface area (Å²) >= 11 is 0. The average Bonchev–Trinajstić information content (AvgIpc) is 3.48. The molecule has 140 valence electrons. The molecule has 0 amide bonds. The molecule has 2 aliphatic rings. The second-order valence-corrected chi connectivity index (χ2v) is 7.60. The molecule has 0 saturated carbocycles. The van der Waals surface area contributed by atoms with Gasteiger partial charge in [0.2, 0.25) is 0 Å². The van der Waals surface area contributed by atoms with E-state index >= 15 is 0 Å². The first-order chi connectivity index (χ1) is 13.2. The molecule has 4 rings (SSSR count). The molecule has 1 saturated heterocycles. The van der Waals surface area contributed by atoms with Crippen molar-refractivity contribution in [2.24, 2.45) is 5.92 Å². The lowest BCUT2D eigenvalue weighted by atomic mass is 9.96. The average molecular weight is 362 g/mol. The number of allylic oxidation sites excluding steroid dienone is 2. The Bertz CT molecular complexity index is 819. The zero-order valence-electron chi connectivity index (χ0n) is 15.5. The minimum atomic E-state index is -0.865. The second kappa shape index (κ2) is 7.97. The lowest BCUT2D eigenvalue weighted by molar-refractivity contribution is 0.0697. The van der Waals surface area contributed by atoms with Crippen molar-refractivity contribution in [1.29, 1.82) is 0 Å². The van der Waals surface area contributed by atoms with Crippen LogP contribution in [0.5, 0.6) is 0 Å². The van der Waals surface area contributed by atoms with Crippen molar-refractivity contribution in [1.82, 2.24) is 10.2 Å². The molecule has 1 aliphatic carbocycles. The summed E-state index contributed by atoms with van der Waals surface area (Å²) in [7, 11) is 0. The van der Waals surface area contributed by atoms with Crippen LogP contribution in [0.25, 0.3) is 5.57 Å². The van der Waals surface area contributed by atoms with Gasteiger partial charge in [0.05, 0.1) is 5.56 Å². The van der Waals surface area contributed by atoms with E-state index in [4.69, 9.17) is 5.11 Å². The van der Waals surface area contributed by atoms with Crippen molar-refractivity contribution in [2.75, 3.05) is 19.6 Å². The third-order valence-corrected chi connectivity index (χ3v) is 5.63. The van der Waals surface area contributed by atoms with Crippen LogP contribution in [-0.2, 0) is 6.54 Å². The first kappa shape index (κ1) is 17.8. The van der Waals surface area contributed by atoms with Gasteiger partial charge in [0.1, 0.15) is 0 Å². The fourth-order valence-electron chi connectivity index (χ4n) is 3.84. The fraction of sp³-hybridized carbons (Fsp3) is 0.348. The normalized spacial score (nSPS) is 17.8. The molecule has 0 unspecified atom stereocenters. The van der Waals surface area contributed by atoms with Gasteiger partial charge in [-0.3, -0.25) is 4.90 Å². The molecule has 4 heteroatoms. The summed E-state index contributed by atoms with van der Waals surface area (Å²) in [5, 5.41) is 12.6. The van der Waals surface area contributed by atoms with E-state index in [1.54, 1.807) is 12.1 Å². The number of aromatic carboxylic acids is 1. The van der Waals surface area contributed by atoms with E-state index in [9.17, 15) is 4.79 Å². The van der Waals surface area contributed by atoms with Gasteiger partial charge >= 0.3 is 5.97 Å². The molecular formula is C23H26N2O2. The van der Waals surface area contributed by atoms with Crippen LogP contribution in [0.4, 0.5) is 0 Å². The van der Waals surface area contributed by atoms with Gasteiger partial charge < -0.3 is 10.4 Å². The first-order valence-electron chi connectivity index (χ1n) is 9.75. The molecule has 0 aromatic heterocycles. The number of nitrogens with zero attached hydrogens (tertiary/aromatic N) is 1. The number of carboxylic acids is 1. The monoisotopic (exact) mass is 362 g/mol. The standard InChI is InChI=1S/C23H26N2O2/c26-23(27)20-8-6-18(7-9-20)16-25-12-10-17(11-13-25)15-24-22-14-21(22)19-4-2-1-3-5-19/h1-9,17,24H,10-16H2,(H,26,27). The second-order valence-electron chi connectivity index (χ2n) is 7.60. The summed E-state index contributed by atoms with van der Waals surface area (Å²) in [4.78, 5) is 13.4. The van der Waals surface area contributed by atoms with Gasteiger partial charge in [0, 0.05) is 25.2 Å². The van der Waals surface area contributed by atoms with Crippen molar-refractivity contribution < 1.29 is 9.90 Å². The minimum Gasteiger partial charge on any atom is -0.478 e. The summed E-state index contributed by atoms with van der Waals surface area (Å²) in [6.07, 6.45) is 3.54. The lowest BCUT2D eigenvalue weighted by Gasteiger charge is -2.32. The SMILES string of the molecule is O=C(O)c1ccc(CN2CCC(CNC3=C(c4ccccc4)C3)CC2)cc1. The van der Waals surface area contributed by atoms with Crippen LogP contribution >= 0.6 is 0 Å². The molecule has 1 fully saturated rings. The number of rotatable bonds is 7. The summed E-state index contributed by atoms with van der Waals surface area (Å²) in [6.45, 7) is 4.20. The van der Waals surface area contributed by atoms with Crippen LogP contribution in [0, 0.1) is 5.92 Å². The maximum atomic E-state index is 10.9. The van der Waals surface area contributed by atoms with E-state index in [0.717, 1.165) is 38.5 Å². The van der Waals surface area contributed by atoms with Gasteiger partial charge in [0.15, 0.2) is 0 Å². The number of carboxylic acid groups (broad SMARTS) is 1. The molecule has 1 aliphatic heterocycles. The lowest BCUT2D eigenvalue weighted by Crippen LogP contribution is -2.36. The Morgan fingerprint density at radius 2 is 1.74 bits per heavy atom. The highest BCUT2D eigenvalue weighted by atomic mass is 16.4. The van der Waals surface area contributed by atoms with Crippen LogP contribution in [0.3, 0.4) is 0 Å². The molecule has 2 aromatic rings. The number of nitrogens with one attached hydrogen (secondary N) is 1. The zero-order chi connectivity index (χ0) is 18.6. The molecule has 27 heavy (non-hydrogen) atoms. The number of carbonyl (C=O) groups is 1. The van der Waals surface area contributed by atoms with E-state index < -0.39 is 5.97 Å². The van der Waals surface area contributed by atoms with Gasteiger partial charge in [-0.1, -0.05) is 42.5 Å². The Balaban J connectivity index is 1.20. The van der Waals surface area contributed by atoms with Gasteiger partial charge in [-0.05, 0) is 60.7 Å². The van der Waals surface area contributed by atoms with Gasteiger partial charge in [-0.25, -0.2) is 4.79 Å². The Morgan fingerprint density at radius 1 is 1.04 bits per heavy atom. The summed E-state index contributed by atoms with van der Waals surface area (Å²) in [6, 6.07) is 17.9. The molecule has 2 aromatic carbocycles. The van der Waals surface area contributed by atoms with Crippen molar-refractivity contribution >= 4 is 11.5 Å². The van der Waals surface area contributed by atoms with Crippen molar-refractivity contribution in [3.05, 3.63) is 77.0 Å². The summed E-state index contributed by atoms with van der Waals surface area (Å²) in [5.74, 6) is -0.128. The first-order valence-corrected chi connectivity index (χ1v) is 9.75. The van der Waals surface area contributed by atoms with Crippen molar-refractivity contribution in [2.45, 2.75) is 25.8 Å². The van der Waals surface area contributed by atoms with E-state index in [0.29, 0.717) is 5.56 Å². The van der Waals surface area contributed by atoms with E-state index in [1.807, 2.05) is 12.1 Å². The Labute approximate surface area is 160 Å². The molecule has 4 nitrogen and oxygen atoms in total. The highest BCUT2D eigenvalue weighted by Gasteiger charge is 2.25. The molecule has 0 bridgehead atoms. The maximum Gasteiger partial charge on any atom is 0.335 e. The van der Waals surface area contributed by atoms with Crippen LogP contribution in [0.1, 0.15) is 40.7 Å². The fourth-order valence-corrected chi connectivity index (χ4v) is 3.84. The van der Waals surface area contributed by atoms with Crippen molar-refractivity contribution in [3.8, 4) is 0 Å². The largest absolute Gasteiger partial charge is 0.478 e. The van der Waals surface area contributed by atoms with Crippen LogP contribution < -0.4 is 5.32 Å². The molecule has 0 radical (unpaired) electrons. The highest BCUT2D eigenvalue weighted by molar-refractivity contribution is 5.87. The molecule has 0 atom stereocenters. The quantitative estimate of drug-likeness (QED) is 0.782. The highest BCUT2D eigenvalue weighted by Crippen LogP contribution is 2.37. The number of hydrogen-bond acceptors (Lipinski definition) is 3. The Kier molecular flexibility index (Phi) is 5.26. The third kappa shape index (κ3) is 4.58. The maximum absolute atomic E-state index is 10.9. The summed E-state index contributed by atoms with van der Waals surface area (Å²) in [5.41, 5.74) is 5.78. The molecule has 0 spiro atoms. The van der Waals surface area contributed by atoms with E-state index in [-0.39, 0.29) is 0 Å². The van der Waals surface area contributed by atoms with E-state index in [1.165, 1.54) is 35.2 Å². The predicted octanol–water partition coefficient (Wildman–Crippen LogP) is 4.00. The van der Waals surface area contributed by atoms with Gasteiger partial charge in [0.25, 0.3) is 0 Å². The van der Waals surface area contributed by atoms with Crippen LogP contribution in [0.2, 0.25) is 0 Å². The topological polar surface area (TPSA) is 52.6 Å². The predicted molar refractivity (Wildman–Crippen MR) is 107 cm³/mol. The number of benzene rings is 2. The van der Waals surface area contributed by atoms with Crippen LogP contribution in [-0.4, -0.2) is 35.6 Å². The minimum absolute atomic E-state index is 0.354. The third-order valence-electron chi connectivity index (χ3n) is 5.63. The summed E-state index contributed by atoms with van der Waals surface area (Å²) < 4.78 is 0. The van der Waals surface area contributed by atoms with E-state index in [2.05, 4.69) is 40.5 Å². The Hall–Kier alpha value is -2.59. The van der Waals surface area contributed by atoms with Crippen LogP contribution in [0.15, 0.2) is 60.3 Å². The number of piperidine rings is 1. The van der Waals surface area contributed by atoms with Gasteiger partial charge in [-0.2, -0.15) is 0 Å². The molecule has 1 heterocycles. The molecule has 2 N–H and O–H groups in total. The smallest absolute Gasteiger partial charge is 0.335 e. The molecular weight excluding hydrogens is 336 g/mol. The number of likely N-dealkylation sites (tertiary alicyclic amines) is 1. The zero-order valence-corrected chi connectivity index (χ0v) is 15.5. The van der Waals surface area contributed by atoms with Crippen molar-refractivity contribution in [3.63, 3.8) is 0 Å². The Morgan fingerprint density at radius 3 is 2.41 bits per heavy atom.